The Bertz CT molecular complexity index is 410. The van der Waals surface area contributed by atoms with E-state index < -0.39 is 11.7 Å². The number of hydrogen-bond acceptors (Lipinski definition) is 0. The third-order valence-electron chi connectivity index (χ3n) is 2.56. The molecule has 17 heavy (non-hydrogen) atoms. The quantitative estimate of drug-likeness (QED) is 0.540. The molecule has 0 aliphatic rings. The molecule has 0 unspecified atom stereocenters. The number of unbranched alkanes of at least 4 members (excludes halogenated alkanes) is 2. The Morgan fingerprint density at radius 3 is 2.41 bits per heavy atom. The third-order valence-corrected chi connectivity index (χ3v) is 2.56. The molecule has 0 spiro atoms. The molecule has 0 fully saturated rings. The summed E-state index contributed by atoms with van der Waals surface area (Å²) in [5, 5.41) is 0. The highest BCUT2D eigenvalue weighted by Gasteiger charge is 2.30. The number of terminal acetylenes is 1. The average Bonchev–Trinajstić information content (AvgIpc) is 2.28. The Morgan fingerprint density at radius 2 is 1.88 bits per heavy atom. The topological polar surface area (TPSA) is 0 Å². The van der Waals surface area contributed by atoms with Crippen LogP contribution >= 0.6 is 0 Å². The van der Waals surface area contributed by atoms with Crippen LogP contribution in [-0.2, 0) is 12.6 Å². The Balaban J connectivity index is 2.95. The Morgan fingerprint density at radius 1 is 1.18 bits per heavy atom. The molecule has 92 valence electrons. The summed E-state index contributed by atoms with van der Waals surface area (Å²) in [4.78, 5) is 0. The Labute approximate surface area is 99.8 Å². The molecule has 0 radical (unpaired) electrons. The van der Waals surface area contributed by atoms with E-state index in [-0.39, 0.29) is 0 Å². The predicted molar refractivity (Wildman–Crippen MR) is 62.6 cm³/mol. The van der Waals surface area contributed by atoms with Crippen molar-refractivity contribution in [3.8, 4) is 12.3 Å². The summed E-state index contributed by atoms with van der Waals surface area (Å²) >= 11 is 0. The average molecular weight is 240 g/mol. The van der Waals surface area contributed by atoms with Crippen molar-refractivity contribution in [2.24, 2.45) is 0 Å². The van der Waals surface area contributed by atoms with E-state index in [1.54, 1.807) is 6.07 Å². The molecular weight excluding hydrogens is 225 g/mol. The van der Waals surface area contributed by atoms with Crippen molar-refractivity contribution in [2.75, 3.05) is 0 Å². The first-order valence-corrected chi connectivity index (χ1v) is 5.65. The number of rotatable bonds is 4. The summed E-state index contributed by atoms with van der Waals surface area (Å²) in [6, 6.07) is 3.87. The minimum Gasteiger partial charge on any atom is -0.166 e. The van der Waals surface area contributed by atoms with Crippen LogP contribution < -0.4 is 0 Å². The molecule has 0 amide bonds. The maximum atomic E-state index is 12.6. The maximum Gasteiger partial charge on any atom is 0.416 e. The van der Waals surface area contributed by atoms with E-state index >= 15 is 0 Å². The summed E-state index contributed by atoms with van der Waals surface area (Å²) in [5.41, 5.74) is 0.312. The van der Waals surface area contributed by atoms with Gasteiger partial charge in [-0.1, -0.05) is 25.7 Å². The summed E-state index contributed by atoms with van der Waals surface area (Å²) in [6.07, 6.45) is 4.44. The van der Waals surface area contributed by atoms with Crippen molar-refractivity contribution in [2.45, 2.75) is 38.8 Å². The SMILES string of the molecule is C#Cc1cc(CCCCC)cc(C(F)(F)F)c1. The molecule has 1 aromatic carbocycles. The highest BCUT2D eigenvalue weighted by Crippen LogP contribution is 2.30. The van der Waals surface area contributed by atoms with Crippen molar-refractivity contribution >= 4 is 0 Å². The lowest BCUT2D eigenvalue weighted by Gasteiger charge is -2.10. The fourth-order valence-corrected chi connectivity index (χ4v) is 1.66. The zero-order chi connectivity index (χ0) is 12.9. The molecule has 0 heterocycles. The fourth-order valence-electron chi connectivity index (χ4n) is 1.66. The number of benzene rings is 1. The van der Waals surface area contributed by atoms with Crippen LogP contribution in [0.2, 0.25) is 0 Å². The van der Waals surface area contributed by atoms with Gasteiger partial charge in [0.15, 0.2) is 0 Å². The van der Waals surface area contributed by atoms with E-state index in [0.717, 1.165) is 25.3 Å². The third kappa shape index (κ3) is 4.14. The van der Waals surface area contributed by atoms with Crippen LogP contribution in [0.3, 0.4) is 0 Å². The second-order valence-electron chi connectivity index (χ2n) is 4.02. The van der Waals surface area contributed by atoms with Gasteiger partial charge >= 0.3 is 6.18 Å². The lowest BCUT2D eigenvalue weighted by atomic mass is 10.0. The standard InChI is InChI=1S/C14H15F3/c1-3-5-6-7-12-8-11(4-2)9-13(10-12)14(15,16)17/h2,8-10H,3,5-7H2,1H3. The molecule has 1 aromatic rings. The van der Waals surface area contributed by atoms with E-state index in [9.17, 15) is 13.2 Å². The molecule has 0 aliphatic carbocycles. The van der Waals surface area contributed by atoms with Crippen LogP contribution in [0.4, 0.5) is 13.2 Å². The largest absolute Gasteiger partial charge is 0.416 e. The van der Waals surface area contributed by atoms with E-state index in [4.69, 9.17) is 6.42 Å². The van der Waals surface area contributed by atoms with Gasteiger partial charge in [0.05, 0.1) is 5.56 Å². The first-order chi connectivity index (χ1) is 7.97. The second-order valence-corrected chi connectivity index (χ2v) is 4.02. The lowest BCUT2D eigenvalue weighted by molar-refractivity contribution is -0.137. The molecule has 0 saturated carbocycles. The smallest absolute Gasteiger partial charge is 0.166 e. The minimum absolute atomic E-state index is 0.298. The van der Waals surface area contributed by atoms with Crippen molar-refractivity contribution in [3.63, 3.8) is 0 Å². The van der Waals surface area contributed by atoms with E-state index in [2.05, 4.69) is 12.8 Å². The van der Waals surface area contributed by atoms with Gasteiger partial charge in [0, 0.05) is 5.56 Å². The van der Waals surface area contributed by atoms with Crippen LogP contribution in [0, 0.1) is 12.3 Å². The van der Waals surface area contributed by atoms with Crippen LogP contribution in [0.15, 0.2) is 18.2 Å². The Hall–Kier alpha value is -1.43. The van der Waals surface area contributed by atoms with Crippen molar-refractivity contribution < 1.29 is 13.2 Å². The normalized spacial score (nSPS) is 11.2. The molecule has 3 heteroatoms. The van der Waals surface area contributed by atoms with Crippen molar-refractivity contribution in [1.29, 1.82) is 0 Å². The molecule has 1 rings (SSSR count). The highest BCUT2D eigenvalue weighted by atomic mass is 19.4. The van der Waals surface area contributed by atoms with Gasteiger partial charge in [-0.2, -0.15) is 13.2 Å². The van der Waals surface area contributed by atoms with Gasteiger partial charge in [0.1, 0.15) is 0 Å². The van der Waals surface area contributed by atoms with Gasteiger partial charge in [0.25, 0.3) is 0 Å². The molecule has 0 aromatic heterocycles. The van der Waals surface area contributed by atoms with Crippen LogP contribution in [0.1, 0.15) is 42.9 Å². The first kappa shape index (κ1) is 13.6. The summed E-state index contributed by atoms with van der Waals surface area (Å²) in [5.74, 6) is 2.27. The van der Waals surface area contributed by atoms with E-state index in [1.165, 1.54) is 6.07 Å². The molecule has 0 N–H and O–H groups in total. The van der Waals surface area contributed by atoms with Gasteiger partial charge in [-0.25, -0.2) is 0 Å². The first-order valence-electron chi connectivity index (χ1n) is 5.65. The van der Waals surface area contributed by atoms with Gasteiger partial charge in [-0.3, -0.25) is 0 Å². The van der Waals surface area contributed by atoms with Crippen LogP contribution in [0.25, 0.3) is 0 Å². The number of alkyl halides is 3. The van der Waals surface area contributed by atoms with Gasteiger partial charge < -0.3 is 0 Å². The Kier molecular flexibility index (Phi) is 4.62. The highest BCUT2D eigenvalue weighted by molar-refractivity contribution is 5.40. The van der Waals surface area contributed by atoms with E-state index in [1.807, 2.05) is 0 Å². The zero-order valence-electron chi connectivity index (χ0n) is 9.77. The summed E-state index contributed by atoms with van der Waals surface area (Å²) in [7, 11) is 0. The summed E-state index contributed by atoms with van der Waals surface area (Å²) in [6.45, 7) is 2.05. The van der Waals surface area contributed by atoms with Gasteiger partial charge in [-0.05, 0) is 36.6 Å². The molecule has 0 aliphatic heterocycles. The van der Waals surface area contributed by atoms with Crippen LogP contribution in [-0.4, -0.2) is 0 Å². The summed E-state index contributed by atoms with van der Waals surface area (Å²) < 4.78 is 37.8. The predicted octanol–water partition coefficient (Wildman–Crippen LogP) is 4.42. The maximum absolute atomic E-state index is 12.6. The zero-order valence-corrected chi connectivity index (χ0v) is 9.77. The number of aryl methyl sites for hydroxylation is 1. The number of hydrogen-bond donors (Lipinski definition) is 0. The molecular formula is C14H15F3. The second kappa shape index (κ2) is 5.77. The number of halogens is 3. The van der Waals surface area contributed by atoms with Gasteiger partial charge in [-0.15, -0.1) is 6.42 Å². The molecule has 0 atom stereocenters. The van der Waals surface area contributed by atoms with Gasteiger partial charge in [0.2, 0.25) is 0 Å². The molecule has 0 bridgehead atoms. The lowest BCUT2D eigenvalue weighted by Crippen LogP contribution is -2.06. The van der Waals surface area contributed by atoms with E-state index in [0.29, 0.717) is 17.5 Å². The van der Waals surface area contributed by atoms with Crippen molar-refractivity contribution in [3.05, 3.63) is 34.9 Å². The van der Waals surface area contributed by atoms with Crippen LogP contribution in [0.5, 0.6) is 0 Å². The molecule has 0 nitrogen and oxygen atoms in total. The monoisotopic (exact) mass is 240 g/mol. The minimum atomic E-state index is -4.33. The van der Waals surface area contributed by atoms with Crippen molar-refractivity contribution in [1.82, 2.24) is 0 Å². The fraction of sp³-hybridized carbons (Fsp3) is 0.429. The molecule has 0 saturated heterocycles.